The molecule has 164 valence electrons. The van der Waals surface area contributed by atoms with Crippen LogP contribution in [0, 0.1) is 16.2 Å². The Morgan fingerprint density at radius 2 is 1.53 bits per heavy atom. The zero-order valence-electron chi connectivity index (χ0n) is 19.3. The van der Waals surface area contributed by atoms with Gasteiger partial charge in [0.25, 0.3) is 0 Å². The van der Waals surface area contributed by atoms with Crippen LogP contribution in [0.1, 0.15) is 71.9 Å². The molecule has 0 radical (unpaired) electrons. The van der Waals surface area contributed by atoms with Crippen LogP contribution >= 0.6 is 0 Å². The van der Waals surface area contributed by atoms with Crippen molar-refractivity contribution in [2.75, 3.05) is 4.90 Å². The normalized spacial score (nSPS) is 25.3. The highest BCUT2D eigenvalue weighted by Gasteiger charge is 2.50. The van der Waals surface area contributed by atoms with Crippen molar-refractivity contribution in [3.05, 3.63) is 35.5 Å². The van der Waals surface area contributed by atoms with Crippen LogP contribution in [-0.2, 0) is 12.6 Å². The molecule has 3 aliphatic rings. The van der Waals surface area contributed by atoms with E-state index in [-0.39, 0.29) is 29.0 Å². The standard InChI is InChI=1S/C25H35BF3N/c1-16-8-9-17-10-18(26-14-23(4,5)24(6,7)15-26)11-20(25(27,28)29)21(17)30(16)19-12-22(2,3)13-19/h10-11,19H,1,8-9,12-15H2,2-7H3. The molecule has 1 aliphatic carbocycles. The molecule has 30 heavy (non-hydrogen) atoms. The van der Waals surface area contributed by atoms with E-state index >= 15 is 0 Å². The van der Waals surface area contributed by atoms with Crippen LogP contribution in [0.4, 0.5) is 18.9 Å². The molecule has 1 saturated heterocycles. The molecule has 0 spiro atoms. The lowest BCUT2D eigenvalue weighted by Gasteiger charge is -2.52. The Balaban J connectivity index is 1.79. The maximum atomic E-state index is 14.3. The lowest BCUT2D eigenvalue weighted by atomic mass is 9.42. The third-order valence-electron chi connectivity index (χ3n) is 8.54. The van der Waals surface area contributed by atoms with E-state index in [1.807, 2.05) is 4.90 Å². The van der Waals surface area contributed by atoms with Gasteiger partial charge < -0.3 is 4.90 Å². The fourth-order valence-corrected chi connectivity index (χ4v) is 6.14. The number of nitrogens with zero attached hydrogens (tertiary/aromatic N) is 1. The molecule has 0 bridgehead atoms. The third-order valence-corrected chi connectivity index (χ3v) is 8.54. The molecule has 1 nitrogen and oxygen atoms in total. The molecule has 0 aromatic heterocycles. The summed E-state index contributed by atoms with van der Waals surface area (Å²) in [6.45, 7) is 17.7. The summed E-state index contributed by atoms with van der Waals surface area (Å²) in [7, 11) is 0. The Hall–Kier alpha value is -1.39. The maximum absolute atomic E-state index is 14.3. The van der Waals surface area contributed by atoms with Crippen LogP contribution in [0.5, 0.6) is 0 Å². The Morgan fingerprint density at radius 3 is 2.03 bits per heavy atom. The fraction of sp³-hybridized carbons (Fsp3) is 0.680. The minimum atomic E-state index is -4.36. The van der Waals surface area contributed by atoms with E-state index in [2.05, 4.69) is 54.2 Å². The van der Waals surface area contributed by atoms with Crippen LogP contribution < -0.4 is 10.4 Å². The predicted molar refractivity (Wildman–Crippen MR) is 121 cm³/mol. The van der Waals surface area contributed by atoms with E-state index in [4.69, 9.17) is 0 Å². The van der Waals surface area contributed by atoms with E-state index < -0.39 is 11.7 Å². The zero-order chi connectivity index (χ0) is 22.3. The van der Waals surface area contributed by atoms with Crippen molar-refractivity contribution in [3.63, 3.8) is 0 Å². The molecule has 1 aromatic rings. The highest BCUT2D eigenvalue weighted by Crippen LogP contribution is 2.54. The van der Waals surface area contributed by atoms with Crippen LogP contribution in [0.25, 0.3) is 0 Å². The first-order chi connectivity index (χ1) is 13.6. The summed E-state index contributed by atoms with van der Waals surface area (Å²) in [5, 5.41) is 0. The maximum Gasteiger partial charge on any atom is 0.418 e. The minimum Gasteiger partial charge on any atom is -0.342 e. The zero-order valence-corrected chi connectivity index (χ0v) is 19.3. The van der Waals surface area contributed by atoms with Gasteiger partial charge in [0.15, 0.2) is 6.71 Å². The number of aryl methyl sites for hydroxylation is 1. The van der Waals surface area contributed by atoms with Gasteiger partial charge >= 0.3 is 6.18 Å². The monoisotopic (exact) mass is 417 g/mol. The van der Waals surface area contributed by atoms with Crippen molar-refractivity contribution in [1.82, 2.24) is 0 Å². The summed E-state index contributed by atoms with van der Waals surface area (Å²) in [4.78, 5) is 1.94. The van der Waals surface area contributed by atoms with Gasteiger partial charge in [-0.15, -0.1) is 0 Å². The Labute approximate surface area is 180 Å². The second-order valence-corrected chi connectivity index (χ2v) is 12.1. The largest absolute Gasteiger partial charge is 0.418 e. The molecule has 1 aromatic carbocycles. The van der Waals surface area contributed by atoms with Crippen molar-refractivity contribution in [2.45, 2.75) is 92.1 Å². The van der Waals surface area contributed by atoms with Crippen molar-refractivity contribution in [2.24, 2.45) is 16.2 Å². The van der Waals surface area contributed by atoms with Crippen LogP contribution in [0.15, 0.2) is 24.4 Å². The van der Waals surface area contributed by atoms with Gasteiger partial charge in [0, 0.05) is 11.7 Å². The number of anilines is 1. The smallest absolute Gasteiger partial charge is 0.342 e. The lowest BCUT2D eigenvalue weighted by molar-refractivity contribution is -0.137. The topological polar surface area (TPSA) is 3.24 Å². The molecule has 2 aliphatic heterocycles. The van der Waals surface area contributed by atoms with Crippen LogP contribution in [-0.4, -0.2) is 12.8 Å². The fourth-order valence-electron chi connectivity index (χ4n) is 6.14. The number of allylic oxidation sites excluding steroid dienone is 1. The summed E-state index contributed by atoms with van der Waals surface area (Å²) in [6.07, 6.45) is 0.722. The Bertz CT molecular complexity index is 857. The number of fused-ring (bicyclic) bond motifs is 1. The predicted octanol–water partition coefficient (Wildman–Crippen LogP) is 6.93. The molecule has 0 unspecified atom stereocenters. The molecule has 0 amide bonds. The lowest BCUT2D eigenvalue weighted by Crippen LogP contribution is -2.50. The number of alkyl halides is 3. The molecule has 2 heterocycles. The highest BCUT2D eigenvalue weighted by molar-refractivity contribution is 6.74. The van der Waals surface area contributed by atoms with E-state index in [0.717, 1.165) is 48.6 Å². The Kier molecular flexibility index (Phi) is 4.77. The number of hydrogen-bond acceptors (Lipinski definition) is 1. The van der Waals surface area contributed by atoms with Gasteiger partial charge in [0.05, 0.1) is 11.3 Å². The molecule has 1 saturated carbocycles. The second-order valence-electron chi connectivity index (χ2n) is 12.1. The molecular weight excluding hydrogens is 382 g/mol. The highest BCUT2D eigenvalue weighted by atomic mass is 19.4. The summed E-state index contributed by atoms with van der Waals surface area (Å²) >= 11 is 0. The summed E-state index contributed by atoms with van der Waals surface area (Å²) in [5.74, 6) is 0. The van der Waals surface area contributed by atoms with Crippen molar-refractivity contribution < 1.29 is 13.2 Å². The average molecular weight is 417 g/mol. The molecule has 4 rings (SSSR count). The summed E-state index contributed by atoms with van der Waals surface area (Å²) in [5.41, 5.74) is 2.93. The first-order valence-corrected chi connectivity index (χ1v) is 11.3. The molecule has 5 heteroatoms. The third kappa shape index (κ3) is 3.50. The number of hydrogen-bond donors (Lipinski definition) is 0. The first kappa shape index (κ1) is 21.8. The number of halogens is 3. The Morgan fingerprint density at radius 1 is 0.967 bits per heavy atom. The summed E-state index contributed by atoms with van der Waals surface area (Å²) in [6, 6.07) is 3.69. The molecule has 0 atom stereocenters. The number of rotatable bonds is 2. The van der Waals surface area contributed by atoms with Gasteiger partial charge in [0.2, 0.25) is 0 Å². The van der Waals surface area contributed by atoms with E-state index in [0.29, 0.717) is 12.1 Å². The van der Waals surface area contributed by atoms with Crippen molar-refractivity contribution in [1.29, 1.82) is 0 Å². The van der Waals surface area contributed by atoms with Crippen molar-refractivity contribution in [3.8, 4) is 0 Å². The van der Waals surface area contributed by atoms with E-state index in [1.165, 1.54) is 6.07 Å². The molecular formula is C25H35BF3N. The number of benzene rings is 1. The SMILES string of the molecule is C=C1CCc2cc(B3CC(C)(C)C(C)(C)C3)cc(C(F)(F)F)c2N1C1CC(C)(C)C1. The van der Waals surface area contributed by atoms with Gasteiger partial charge in [-0.05, 0) is 47.5 Å². The summed E-state index contributed by atoms with van der Waals surface area (Å²) < 4.78 is 43.0. The van der Waals surface area contributed by atoms with Gasteiger partial charge in [0.1, 0.15) is 0 Å². The van der Waals surface area contributed by atoms with Gasteiger partial charge in [-0.2, -0.15) is 13.2 Å². The van der Waals surface area contributed by atoms with E-state index in [1.54, 1.807) is 0 Å². The van der Waals surface area contributed by atoms with Crippen LogP contribution in [0.2, 0.25) is 12.6 Å². The van der Waals surface area contributed by atoms with E-state index in [9.17, 15) is 13.2 Å². The van der Waals surface area contributed by atoms with Gasteiger partial charge in [-0.3, -0.25) is 0 Å². The second kappa shape index (κ2) is 6.56. The quantitative estimate of drug-likeness (QED) is 0.472. The van der Waals surface area contributed by atoms with Crippen LogP contribution in [0.3, 0.4) is 0 Å². The molecule has 0 N–H and O–H groups in total. The minimum absolute atomic E-state index is 0.115. The average Bonchev–Trinajstić information content (AvgIpc) is 2.78. The van der Waals surface area contributed by atoms with Gasteiger partial charge in [-0.1, -0.05) is 78.4 Å². The molecule has 2 fully saturated rings. The van der Waals surface area contributed by atoms with Crippen molar-refractivity contribution >= 4 is 17.9 Å². The first-order valence-electron chi connectivity index (χ1n) is 11.3. The van der Waals surface area contributed by atoms with Gasteiger partial charge in [-0.25, -0.2) is 0 Å².